The van der Waals surface area contributed by atoms with Gasteiger partial charge in [0.1, 0.15) is 0 Å². The summed E-state index contributed by atoms with van der Waals surface area (Å²) in [5.41, 5.74) is -3.53. The van der Waals surface area contributed by atoms with E-state index < -0.39 is 18.8 Å². The topological polar surface area (TPSA) is 35.5 Å². The van der Waals surface area contributed by atoms with E-state index in [4.69, 9.17) is 20.6 Å². The molecule has 1 aromatic carbocycles. The van der Waals surface area contributed by atoms with Crippen LogP contribution in [0.15, 0.2) is 22.7 Å². The fourth-order valence-electron chi connectivity index (χ4n) is 1.57. The molecule has 3 nitrogen and oxygen atoms in total. The molecule has 0 N–H and O–H groups in total. The Kier molecular flexibility index (Phi) is 6.61. The van der Waals surface area contributed by atoms with Gasteiger partial charge in [-0.1, -0.05) is 28.1 Å². The minimum atomic E-state index is -4.59. The molecule has 0 spiro atoms. The van der Waals surface area contributed by atoms with Crippen LogP contribution in [0.3, 0.4) is 0 Å². The Hall–Kier alpha value is -0.0000000000000000555. The second-order valence-corrected chi connectivity index (χ2v) is 7.02. The fraction of sp³-hybridized carbons (Fsp3) is 0.500. The molecule has 0 fully saturated rings. The van der Waals surface area contributed by atoms with Crippen LogP contribution in [0.2, 0.25) is 0 Å². The molecule has 8 heteroatoms. The Balaban J connectivity index is 3.29. The van der Waals surface area contributed by atoms with Crippen LogP contribution < -0.4 is 0 Å². The summed E-state index contributed by atoms with van der Waals surface area (Å²) in [6.45, 7) is 2.69. The number of hydrogen-bond acceptors (Lipinski definition) is 3. The zero-order chi connectivity index (χ0) is 15.4. The standard InChI is InChI=1S/C12H15BrClF2O3P/c1-3-18-20(17,19-4-2)12(15,16)10-6-5-9(8-14)7-11(10)13/h5-7H,3-4,8H2,1-2H3. The largest absolute Gasteiger partial charge is 0.404 e. The van der Waals surface area contributed by atoms with E-state index in [0.29, 0.717) is 5.56 Å². The third-order valence-electron chi connectivity index (χ3n) is 2.45. The minimum absolute atomic E-state index is 0.111. The van der Waals surface area contributed by atoms with Gasteiger partial charge in [0.25, 0.3) is 0 Å². The second-order valence-electron chi connectivity index (χ2n) is 3.82. The molecule has 0 saturated heterocycles. The quantitative estimate of drug-likeness (QED) is 0.454. The summed E-state index contributed by atoms with van der Waals surface area (Å²) in [4.78, 5) is 0. The van der Waals surface area contributed by atoms with Crippen LogP contribution >= 0.6 is 35.1 Å². The molecule has 1 rings (SSSR count). The number of hydrogen-bond donors (Lipinski definition) is 0. The first-order chi connectivity index (χ1) is 9.32. The number of benzene rings is 1. The van der Waals surface area contributed by atoms with Crippen molar-refractivity contribution in [2.24, 2.45) is 0 Å². The van der Waals surface area contributed by atoms with Crippen molar-refractivity contribution in [2.45, 2.75) is 25.4 Å². The van der Waals surface area contributed by atoms with Crippen molar-refractivity contribution in [3.05, 3.63) is 33.8 Å². The van der Waals surface area contributed by atoms with E-state index in [1.165, 1.54) is 32.0 Å². The van der Waals surface area contributed by atoms with Gasteiger partial charge in [-0.25, -0.2) is 0 Å². The number of rotatable bonds is 7. The van der Waals surface area contributed by atoms with Gasteiger partial charge in [-0.2, -0.15) is 8.78 Å². The van der Waals surface area contributed by atoms with Crippen LogP contribution in [0.25, 0.3) is 0 Å². The highest BCUT2D eigenvalue weighted by Crippen LogP contribution is 2.67. The molecule has 0 bridgehead atoms. The molecule has 0 amide bonds. The molecule has 0 saturated carbocycles. The minimum Gasteiger partial charge on any atom is -0.304 e. The molecule has 0 aromatic heterocycles. The Bertz CT molecular complexity index is 503. The Morgan fingerprint density at radius 3 is 2.25 bits per heavy atom. The smallest absolute Gasteiger partial charge is 0.304 e. The molecule has 0 aliphatic carbocycles. The van der Waals surface area contributed by atoms with Crippen LogP contribution in [0.4, 0.5) is 8.78 Å². The van der Waals surface area contributed by atoms with E-state index in [1.807, 2.05) is 0 Å². The molecule has 0 radical (unpaired) electrons. The van der Waals surface area contributed by atoms with Gasteiger partial charge < -0.3 is 9.05 Å². The van der Waals surface area contributed by atoms with Gasteiger partial charge in [-0.15, -0.1) is 11.6 Å². The maximum absolute atomic E-state index is 14.5. The summed E-state index contributed by atoms with van der Waals surface area (Å²) in [7, 11) is -4.59. The van der Waals surface area contributed by atoms with E-state index in [9.17, 15) is 13.3 Å². The Labute approximate surface area is 130 Å². The van der Waals surface area contributed by atoms with E-state index in [-0.39, 0.29) is 23.6 Å². The van der Waals surface area contributed by atoms with Gasteiger partial charge in [-0.05, 0) is 25.5 Å². The summed E-state index contributed by atoms with van der Waals surface area (Å²) in [5.74, 6) is 0.193. The molecule has 1 aromatic rings. The van der Waals surface area contributed by atoms with Crippen LogP contribution in [-0.4, -0.2) is 13.2 Å². The average molecular weight is 392 g/mol. The monoisotopic (exact) mass is 390 g/mol. The molecule has 0 aliphatic heterocycles. The van der Waals surface area contributed by atoms with Crippen molar-refractivity contribution < 1.29 is 22.4 Å². The van der Waals surface area contributed by atoms with Crippen molar-refractivity contribution >= 4 is 35.1 Å². The lowest BCUT2D eigenvalue weighted by atomic mass is 10.1. The first kappa shape index (κ1) is 18.1. The van der Waals surface area contributed by atoms with Crippen LogP contribution in [0, 0.1) is 0 Å². The maximum atomic E-state index is 14.5. The molecule has 0 heterocycles. The first-order valence-electron chi connectivity index (χ1n) is 5.94. The van der Waals surface area contributed by atoms with Gasteiger partial charge in [0.2, 0.25) is 0 Å². The SMILES string of the molecule is CCOP(=O)(OCC)C(F)(F)c1ccc(CCl)cc1Br. The summed E-state index contributed by atoms with van der Waals surface area (Å²) in [5, 5.41) is 0. The second kappa shape index (κ2) is 7.32. The van der Waals surface area contributed by atoms with Crippen LogP contribution in [0.5, 0.6) is 0 Å². The lowest BCUT2D eigenvalue weighted by Crippen LogP contribution is -2.19. The Morgan fingerprint density at radius 1 is 1.30 bits per heavy atom. The van der Waals surface area contributed by atoms with Crippen LogP contribution in [-0.2, 0) is 25.2 Å². The molecule has 0 unspecified atom stereocenters. The third kappa shape index (κ3) is 3.60. The maximum Gasteiger partial charge on any atom is 0.404 e. The highest BCUT2D eigenvalue weighted by Gasteiger charge is 2.55. The highest BCUT2D eigenvalue weighted by molar-refractivity contribution is 9.10. The summed E-state index contributed by atoms with van der Waals surface area (Å²) in [6, 6.07) is 4.08. The summed E-state index contributed by atoms with van der Waals surface area (Å²) < 4.78 is 50.9. The highest BCUT2D eigenvalue weighted by atomic mass is 79.9. The summed E-state index contributed by atoms with van der Waals surface area (Å²) >= 11 is 8.69. The van der Waals surface area contributed by atoms with Gasteiger partial charge in [-0.3, -0.25) is 4.57 Å². The zero-order valence-corrected chi connectivity index (χ0v) is 14.3. The van der Waals surface area contributed by atoms with Crippen LogP contribution in [0.1, 0.15) is 25.0 Å². The predicted octanol–water partition coefficient (Wildman–Crippen LogP) is 5.50. The van der Waals surface area contributed by atoms with E-state index >= 15 is 0 Å². The van der Waals surface area contributed by atoms with Crippen molar-refractivity contribution in [1.82, 2.24) is 0 Å². The van der Waals surface area contributed by atoms with Gasteiger partial charge in [0.05, 0.1) is 13.2 Å². The number of halogens is 4. The normalized spacial score (nSPS) is 12.7. The van der Waals surface area contributed by atoms with Gasteiger partial charge >= 0.3 is 13.3 Å². The third-order valence-corrected chi connectivity index (χ3v) is 5.54. The molecule has 20 heavy (non-hydrogen) atoms. The Morgan fingerprint density at radius 2 is 1.85 bits per heavy atom. The van der Waals surface area contributed by atoms with Gasteiger partial charge in [0.15, 0.2) is 0 Å². The summed E-state index contributed by atoms with van der Waals surface area (Å²) in [6.07, 6.45) is 0. The molecular formula is C12H15BrClF2O3P. The molecule has 0 atom stereocenters. The van der Waals surface area contributed by atoms with E-state index in [2.05, 4.69) is 15.9 Å². The first-order valence-corrected chi connectivity index (χ1v) is 8.81. The fourth-order valence-corrected chi connectivity index (χ4v) is 4.14. The molecule has 114 valence electrons. The van der Waals surface area contributed by atoms with Crippen molar-refractivity contribution in [3.8, 4) is 0 Å². The van der Waals surface area contributed by atoms with Crippen molar-refractivity contribution in [1.29, 1.82) is 0 Å². The molecular weight excluding hydrogens is 376 g/mol. The average Bonchev–Trinajstić information content (AvgIpc) is 2.38. The van der Waals surface area contributed by atoms with Crippen molar-refractivity contribution in [2.75, 3.05) is 13.2 Å². The van der Waals surface area contributed by atoms with E-state index in [0.717, 1.165) is 0 Å². The lowest BCUT2D eigenvalue weighted by Gasteiger charge is -2.26. The van der Waals surface area contributed by atoms with Crippen molar-refractivity contribution in [3.63, 3.8) is 0 Å². The van der Waals surface area contributed by atoms with E-state index in [1.54, 1.807) is 0 Å². The number of alkyl halides is 3. The zero-order valence-electron chi connectivity index (χ0n) is 11.0. The molecule has 0 aliphatic rings. The lowest BCUT2D eigenvalue weighted by molar-refractivity contribution is 0.0354. The predicted molar refractivity (Wildman–Crippen MR) is 78.5 cm³/mol. The van der Waals surface area contributed by atoms with Gasteiger partial charge in [0, 0.05) is 15.9 Å².